The highest BCUT2D eigenvalue weighted by Gasteiger charge is 2.36. The number of hydrogen-bond acceptors (Lipinski definition) is 4. The Morgan fingerprint density at radius 1 is 1.06 bits per heavy atom. The van der Waals surface area contributed by atoms with Crippen molar-refractivity contribution in [3.05, 3.63) is 41.8 Å². The van der Waals surface area contributed by atoms with Gasteiger partial charge in [-0.1, -0.05) is 18.6 Å². The number of amides is 3. The summed E-state index contributed by atoms with van der Waals surface area (Å²) >= 11 is 0. The second kappa shape index (κ2) is 10.1. The van der Waals surface area contributed by atoms with Gasteiger partial charge in [-0.3, -0.25) is 4.79 Å². The second-order valence-corrected chi connectivity index (χ2v) is 9.71. The Bertz CT molecular complexity index is 942. The number of likely N-dealkylation sites (tertiary alicyclic amines) is 2. The van der Waals surface area contributed by atoms with Crippen LogP contribution < -0.4 is 10.2 Å². The minimum absolute atomic E-state index is 0.0720. The number of urea groups is 1. The lowest BCUT2D eigenvalue weighted by atomic mass is 9.92. The summed E-state index contributed by atoms with van der Waals surface area (Å²) in [6.07, 6.45) is 15.9. The van der Waals surface area contributed by atoms with Crippen molar-refractivity contribution < 1.29 is 9.59 Å². The maximum absolute atomic E-state index is 13.8. The third kappa shape index (κ3) is 4.83. The minimum Gasteiger partial charge on any atom is -0.324 e. The molecule has 33 heavy (non-hydrogen) atoms. The maximum Gasteiger partial charge on any atom is 0.330 e. The van der Waals surface area contributed by atoms with Crippen LogP contribution in [0.1, 0.15) is 57.8 Å². The van der Waals surface area contributed by atoms with Crippen molar-refractivity contribution in [1.29, 1.82) is 0 Å². The zero-order valence-electron chi connectivity index (χ0n) is 19.5. The number of carbonyl (C=O) groups is 2. The van der Waals surface area contributed by atoms with Crippen molar-refractivity contribution in [3.63, 3.8) is 0 Å². The van der Waals surface area contributed by atoms with E-state index >= 15 is 0 Å². The van der Waals surface area contributed by atoms with Crippen LogP contribution in [0.15, 0.2) is 41.8 Å². The van der Waals surface area contributed by atoms with Gasteiger partial charge in [-0.15, -0.1) is 0 Å². The summed E-state index contributed by atoms with van der Waals surface area (Å²) in [6, 6.07) is 3.53. The van der Waals surface area contributed by atoms with E-state index < -0.39 is 0 Å². The van der Waals surface area contributed by atoms with E-state index in [0.717, 1.165) is 38.8 Å². The summed E-state index contributed by atoms with van der Waals surface area (Å²) in [5.41, 5.74) is 1.82. The average molecular weight is 450 g/mol. The van der Waals surface area contributed by atoms with E-state index in [0.29, 0.717) is 28.7 Å². The van der Waals surface area contributed by atoms with E-state index in [9.17, 15) is 9.59 Å². The number of nitrogens with zero attached hydrogens (tertiary/aromatic N) is 4. The standard InChI is InChI=1S/C26H35N5O2/c32-25-21-9-2-3-11-23(21)31(24-22(28-25)10-6-14-27-24)26(33)30-18-12-20(13-19-30)8-7-17-29-15-4-1-5-16-29/h6,9-11,14,20H,1-5,7-8,12-13,15-19H2,(H,28,32). The SMILES string of the molecule is O=C1Nc2cccnc2N(C(=O)N2CCC(CCCN3CCCCC3)CC2)C2=CCCC=C12. The fraction of sp³-hybridized carbons (Fsp3) is 0.577. The van der Waals surface area contributed by atoms with Crippen molar-refractivity contribution >= 4 is 23.4 Å². The summed E-state index contributed by atoms with van der Waals surface area (Å²) in [4.78, 5) is 37.3. The summed E-state index contributed by atoms with van der Waals surface area (Å²) in [5, 5.41) is 2.94. The normalized spacial score (nSPS) is 22.0. The molecule has 3 aliphatic heterocycles. The Kier molecular flexibility index (Phi) is 6.76. The van der Waals surface area contributed by atoms with Crippen LogP contribution in [0, 0.1) is 5.92 Å². The van der Waals surface area contributed by atoms with Crippen molar-refractivity contribution in [3.8, 4) is 0 Å². The Hall–Kier alpha value is -2.67. The van der Waals surface area contributed by atoms with Crippen LogP contribution in [0.3, 0.4) is 0 Å². The zero-order chi connectivity index (χ0) is 22.6. The number of rotatable bonds is 4. The van der Waals surface area contributed by atoms with E-state index in [1.165, 1.54) is 51.7 Å². The number of aromatic nitrogens is 1. The highest BCUT2D eigenvalue weighted by molar-refractivity contribution is 6.15. The molecule has 0 radical (unpaired) electrons. The largest absolute Gasteiger partial charge is 0.330 e. The molecule has 2 saturated heterocycles. The number of pyridine rings is 1. The molecule has 176 valence electrons. The number of nitrogens with one attached hydrogen (secondary N) is 1. The first-order chi connectivity index (χ1) is 16.2. The van der Waals surface area contributed by atoms with Crippen LogP contribution in [0.2, 0.25) is 0 Å². The molecule has 4 heterocycles. The van der Waals surface area contributed by atoms with Crippen LogP contribution in [-0.4, -0.2) is 59.4 Å². The van der Waals surface area contributed by atoms with Gasteiger partial charge in [0, 0.05) is 19.3 Å². The molecule has 0 spiro atoms. The fourth-order valence-corrected chi connectivity index (χ4v) is 5.59. The zero-order valence-corrected chi connectivity index (χ0v) is 19.5. The molecule has 0 atom stereocenters. The van der Waals surface area contributed by atoms with Gasteiger partial charge in [-0.25, -0.2) is 14.7 Å². The second-order valence-electron chi connectivity index (χ2n) is 9.71. The molecular weight excluding hydrogens is 414 g/mol. The molecule has 3 amide bonds. The molecule has 1 aliphatic carbocycles. The first kappa shape index (κ1) is 22.1. The van der Waals surface area contributed by atoms with Gasteiger partial charge in [-0.2, -0.15) is 0 Å². The Morgan fingerprint density at radius 2 is 1.85 bits per heavy atom. The van der Waals surface area contributed by atoms with Gasteiger partial charge in [0.1, 0.15) is 0 Å². The van der Waals surface area contributed by atoms with E-state index in [4.69, 9.17) is 0 Å². The molecule has 1 N–H and O–H groups in total. The number of piperidine rings is 2. The third-order valence-electron chi connectivity index (χ3n) is 7.47. The van der Waals surface area contributed by atoms with Gasteiger partial charge in [0.25, 0.3) is 5.91 Å². The van der Waals surface area contributed by atoms with E-state index in [1.54, 1.807) is 17.2 Å². The van der Waals surface area contributed by atoms with Gasteiger partial charge < -0.3 is 15.1 Å². The lowest BCUT2D eigenvalue weighted by Crippen LogP contribution is -2.47. The summed E-state index contributed by atoms with van der Waals surface area (Å²) in [7, 11) is 0. The first-order valence-electron chi connectivity index (χ1n) is 12.7. The van der Waals surface area contributed by atoms with Crippen molar-refractivity contribution in [2.24, 2.45) is 5.92 Å². The van der Waals surface area contributed by atoms with Crippen LogP contribution in [0.5, 0.6) is 0 Å². The molecule has 0 aromatic carbocycles. The lowest BCUT2D eigenvalue weighted by Gasteiger charge is -2.36. The molecule has 0 unspecified atom stereocenters. The van der Waals surface area contributed by atoms with E-state index in [2.05, 4.69) is 15.2 Å². The van der Waals surface area contributed by atoms with E-state index in [-0.39, 0.29) is 11.9 Å². The Labute approximate surface area is 196 Å². The van der Waals surface area contributed by atoms with Gasteiger partial charge >= 0.3 is 6.03 Å². The topological polar surface area (TPSA) is 68.8 Å². The molecule has 2 fully saturated rings. The number of allylic oxidation sites excluding steroid dienone is 2. The van der Waals surface area contributed by atoms with Crippen LogP contribution in [-0.2, 0) is 4.79 Å². The number of fused-ring (bicyclic) bond motifs is 2. The molecule has 7 nitrogen and oxygen atoms in total. The first-order valence-corrected chi connectivity index (χ1v) is 12.7. The van der Waals surface area contributed by atoms with Gasteiger partial charge in [-0.05, 0) is 89.1 Å². The quantitative estimate of drug-likeness (QED) is 0.733. The number of hydrogen-bond donors (Lipinski definition) is 1. The number of anilines is 2. The average Bonchev–Trinajstić information content (AvgIpc) is 2.98. The predicted molar refractivity (Wildman–Crippen MR) is 130 cm³/mol. The Balaban J connectivity index is 1.24. The van der Waals surface area contributed by atoms with Crippen molar-refractivity contribution in [1.82, 2.24) is 14.8 Å². The Morgan fingerprint density at radius 3 is 2.67 bits per heavy atom. The minimum atomic E-state index is -0.169. The highest BCUT2D eigenvalue weighted by atomic mass is 16.2. The maximum atomic E-state index is 13.8. The van der Waals surface area contributed by atoms with Crippen LogP contribution in [0.4, 0.5) is 16.3 Å². The van der Waals surface area contributed by atoms with Gasteiger partial charge in [0.2, 0.25) is 0 Å². The molecule has 4 aliphatic rings. The van der Waals surface area contributed by atoms with Crippen LogP contribution >= 0.6 is 0 Å². The summed E-state index contributed by atoms with van der Waals surface area (Å²) in [6.45, 7) is 5.28. The number of carbonyl (C=O) groups excluding carboxylic acids is 2. The van der Waals surface area contributed by atoms with E-state index in [1.807, 2.05) is 23.1 Å². The van der Waals surface area contributed by atoms with Gasteiger partial charge in [0.05, 0.1) is 17.0 Å². The molecule has 5 rings (SSSR count). The summed E-state index contributed by atoms with van der Waals surface area (Å²) < 4.78 is 0. The van der Waals surface area contributed by atoms with Crippen LogP contribution in [0.25, 0.3) is 0 Å². The lowest BCUT2D eigenvalue weighted by molar-refractivity contribution is -0.112. The molecule has 7 heteroatoms. The highest BCUT2D eigenvalue weighted by Crippen LogP contribution is 2.37. The molecular formula is C26H35N5O2. The molecule has 1 aromatic rings. The molecule has 1 aromatic heterocycles. The molecule has 0 saturated carbocycles. The van der Waals surface area contributed by atoms with Crippen molar-refractivity contribution in [2.75, 3.05) is 42.9 Å². The molecule has 0 bridgehead atoms. The smallest absolute Gasteiger partial charge is 0.324 e. The summed E-state index contributed by atoms with van der Waals surface area (Å²) in [5.74, 6) is 1.04. The third-order valence-corrected chi connectivity index (χ3v) is 7.47. The monoisotopic (exact) mass is 449 g/mol. The predicted octanol–water partition coefficient (Wildman–Crippen LogP) is 4.54. The fourth-order valence-electron chi connectivity index (χ4n) is 5.59. The van der Waals surface area contributed by atoms with Gasteiger partial charge in [0.15, 0.2) is 5.82 Å². The van der Waals surface area contributed by atoms with Crippen molar-refractivity contribution in [2.45, 2.75) is 57.8 Å².